The Bertz CT molecular complexity index is 2210. The topological polar surface area (TPSA) is 33.6 Å². The van der Waals surface area contributed by atoms with E-state index in [1.807, 2.05) is 30.3 Å². The standard InChI is InChI=1S/C37H23N3/c38-24-25-14-20-32-33-23-27(17-21-36(33)40(37(32)22-25)28-8-2-1-3-9-28)26-15-18-29(19-16-26)39-34-12-6-4-10-30(34)31-11-5-7-13-35(31)39/h1-23H. The monoisotopic (exact) mass is 509 g/mol. The molecule has 186 valence electrons. The Morgan fingerprint density at radius 2 is 0.950 bits per heavy atom. The fourth-order valence-electron chi connectivity index (χ4n) is 6.13. The van der Waals surface area contributed by atoms with Gasteiger partial charge in [0.1, 0.15) is 0 Å². The van der Waals surface area contributed by atoms with Crippen LogP contribution in [0.2, 0.25) is 0 Å². The van der Waals surface area contributed by atoms with E-state index < -0.39 is 0 Å². The molecule has 0 N–H and O–H groups in total. The van der Waals surface area contributed by atoms with Crippen molar-refractivity contribution < 1.29 is 0 Å². The molecule has 0 saturated carbocycles. The van der Waals surface area contributed by atoms with Gasteiger partial charge in [0, 0.05) is 32.9 Å². The van der Waals surface area contributed by atoms with Crippen molar-refractivity contribution in [1.29, 1.82) is 5.26 Å². The van der Waals surface area contributed by atoms with Gasteiger partial charge in [0.15, 0.2) is 0 Å². The first kappa shape index (κ1) is 22.4. The molecule has 0 aliphatic heterocycles. The predicted octanol–water partition coefficient (Wildman–Crippen LogP) is 9.42. The molecular weight excluding hydrogens is 486 g/mol. The minimum absolute atomic E-state index is 0.661. The quantitative estimate of drug-likeness (QED) is 0.233. The third-order valence-corrected chi connectivity index (χ3v) is 7.95. The molecule has 8 aromatic rings. The molecule has 8 rings (SSSR count). The summed E-state index contributed by atoms with van der Waals surface area (Å²) in [5.41, 5.74) is 9.81. The molecule has 0 amide bonds. The van der Waals surface area contributed by atoms with Crippen molar-refractivity contribution in [3.8, 4) is 28.6 Å². The first-order valence-electron chi connectivity index (χ1n) is 13.4. The number of fused-ring (bicyclic) bond motifs is 6. The zero-order chi connectivity index (χ0) is 26.6. The molecule has 0 radical (unpaired) electrons. The van der Waals surface area contributed by atoms with Crippen molar-refractivity contribution in [1.82, 2.24) is 9.13 Å². The van der Waals surface area contributed by atoms with E-state index in [0.29, 0.717) is 5.56 Å². The van der Waals surface area contributed by atoms with Crippen molar-refractivity contribution in [2.75, 3.05) is 0 Å². The maximum absolute atomic E-state index is 9.57. The van der Waals surface area contributed by atoms with Crippen LogP contribution in [0.1, 0.15) is 5.56 Å². The van der Waals surface area contributed by atoms with Gasteiger partial charge in [-0.25, -0.2) is 0 Å². The summed E-state index contributed by atoms with van der Waals surface area (Å²) in [5.74, 6) is 0. The predicted molar refractivity (Wildman–Crippen MR) is 165 cm³/mol. The van der Waals surface area contributed by atoms with Gasteiger partial charge in [0.2, 0.25) is 0 Å². The fraction of sp³-hybridized carbons (Fsp3) is 0. The molecule has 0 saturated heterocycles. The molecule has 3 heteroatoms. The van der Waals surface area contributed by atoms with Crippen LogP contribution in [-0.4, -0.2) is 9.13 Å². The zero-order valence-electron chi connectivity index (χ0n) is 21.6. The van der Waals surface area contributed by atoms with Crippen molar-refractivity contribution in [3.05, 3.63) is 145 Å². The van der Waals surface area contributed by atoms with Crippen LogP contribution < -0.4 is 0 Å². The van der Waals surface area contributed by atoms with Crippen molar-refractivity contribution in [2.45, 2.75) is 0 Å². The molecular formula is C37H23N3. The third-order valence-electron chi connectivity index (χ3n) is 7.95. The lowest BCUT2D eigenvalue weighted by molar-refractivity contribution is 1.18. The Hall–Kier alpha value is -5.59. The highest BCUT2D eigenvalue weighted by Crippen LogP contribution is 2.36. The second-order valence-electron chi connectivity index (χ2n) is 10.2. The number of nitrogens with zero attached hydrogens (tertiary/aromatic N) is 3. The number of nitriles is 1. The summed E-state index contributed by atoms with van der Waals surface area (Å²) < 4.78 is 4.60. The molecule has 6 aromatic carbocycles. The molecule has 40 heavy (non-hydrogen) atoms. The number of hydrogen-bond acceptors (Lipinski definition) is 1. The summed E-state index contributed by atoms with van der Waals surface area (Å²) in [7, 11) is 0. The van der Waals surface area contributed by atoms with Crippen molar-refractivity contribution >= 4 is 43.6 Å². The Balaban J connectivity index is 1.28. The number of hydrogen-bond donors (Lipinski definition) is 0. The number of para-hydroxylation sites is 3. The van der Waals surface area contributed by atoms with Gasteiger partial charge in [-0.3, -0.25) is 0 Å². The van der Waals surface area contributed by atoms with E-state index >= 15 is 0 Å². The Labute approximate surface area is 231 Å². The zero-order valence-corrected chi connectivity index (χ0v) is 21.6. The highest BCUT2D eigenvalue weighted by molar-refractivity contribution is 6.11. The summed E-state index contributed by atoms with van der Waals surface area (Å²) in [6, 6.07) is 51.3. The fourth-order valence-corrected chi connectivity index (χ4v) is 6.13. The molecule has 3 nitrogen and oxygen atoms in total. The van der Waals surface area contributed by atoms with E-state index in [1.54, 1.807) is 0 Å². The Morgan fingerprint density at radius 3 is 1.65 bits per heavy atom. The number of aromatic nitrogens is 2. The van der Waals surface area contributed by atoms with E-state index in [1.165, 1.54) is 32.8 Å². The van der Waals surface area contributed by atoms with E-state index in [-0.39, 0.29) is 0 Å². The summed E-state index contributed by atoms with van der Waals surface area (Å²) in [4.78, 5) is 0. The lowest BCUT2D eigenvalue weighted by Gasteiger charge is -2.10. The first-order chi connectivity index (χ1) is 19.8. The van der Waals surface area contributed by atoms with Crippen LogP contribution in [0.25, 0.3) is 66.1 Å². The van der Waals surface area contributed by atoms with Gasteiger partial charge in [-0.05, 0) is 71.8 Å². The number of rotatable bonds is 3. The van der Waals surface area contributed by atoms with Gasteiger partial charge in [0.25, 0.3) is 0 Å². The molecule has 0 aliphatic carbocycles. The second kappa shape index (κ2) is 8.73. The van der Waals surface area contributed by atoms with Crippen LogP contribution in [0.4, 0.5) is 0 Å². The van der Waals surface area contributed by atoms with Gasteiger partial charge in [-0.1, -0.05) is 78.9 Å². The van der Waals surface area contributed by atoms with Gasteiger partial charge in [0.05, 0.1) is 33.7 Å². The summed E-state index contributed by atoms with van der Waals surface area (Å²) in [5, 5.41) is 14.4. The Morgan fingerprint density at radius 1 is 0.400 bits per heavy atom. The van der Waals surface area contributed by atoms with Crippen LogP contribution in [0, 0.1) is 11.3 Å². The molecule has 2 aromatic heterocycles. The normalized spacial score (nSPS) is 11.5. The largest absolute Gasteiger partial charge is 0.309 e. The summed E-state index contributed by atoms with van der Waals surface area (Å²) >= 11 is 0. The lowest BCUT2D eigenvalue weighted by atomic mass is 10.0. The van der Waals surface area contributed by atoms with Gasteiger partial charge >= 0.3 is 0 Å². The van der Waals surface area contributed by atoms with E-state index in [0.717, 1.165) is 33.4 Å². The SMILES string of the molecule is N#Cc1ccc2c3cc(-c4ccc(-n5c6ccccc6c6ccccc65)cc4)ccc3n(-c3ccccc3)c2c1. The summed E-state index contributed by atoms with van der Waals surface area (Å²) in [6.45, 7) is 0. The highest BCUT2D eigenvalue weighted by atomic mass is 15.0. The van der Waals surface area contributed by atoms with Gasteiger partial charge in [-0.15, -0.1) is 0 Å². The first-order valence-corrected chi connectivity index (χ1v) is 13.4. The van der Waals surface area contributed by atoms with E-state index in [2.05, 4.69) is 124 Å². The van der Waals surface area contributed by atoms with Crippen LogP contribution in [0.15, 0.2) is 140 Å². The average molecular weight is 510 g/mol. The van der Waals surface area contributed by atoms with E-state index in [9.17, 15) is 5.26 Å². The number of benzene rings is 6. The summed E-state index contributed by atoms with van der Waals surface area (Å²) in [6.07, 6.45) is 0. The molecule has 2 heterocycles. The maximum Gasteiger partial charge on any atom is 0.0992 e. The maximum atomic E-state index is 9.57. The van der Waals surface area contributed by atoms with Crippen molar-refractivity contribution in [2.24, 2.45) is 0 Å². The van der Waals surface area contributed by atoms with Gasteiger partial charge in [-0.2, -0.15) is 5.26 Å². The smallest absolute Gasteiger partial charge is 0.0992 e. The van der Waals surface area contributed by atoms with Crippen LogP contribution in [0.5, 0.6) is 0 Å². The molecule has 0 unspecified atom stereocenters. The molecule has 0 aliphatic rings. The van der Waals surface area contributed by atoms with Gasteiger partial charge < -0.3 is 9.13 Å². The van der Waals surface area contributed by atoms with Crippen LogP contribution in [0.3, 0.4) is 0 Å². The third kappa shape index (κ3) is 3.30. The Kier molecular flexibility index (Phi) is 4.89. The molecule has 0 fully saturated rings. The minimum Gasteiger partial charge on any atom is -0.309 e. The van der Waals surface area contributed by atoms with Crippen LogP contribution in [-0.2, 0) is 0 Å². The van der Waals surface area contributed by atoms with Crippen LogP contribution >= 0.6 is 0 Å². The molecule has 0 spiro atoms. The lowest BCUT2D eigenvalue weighted by Crippen LogP contribution is -1.94. The highest BCUT2D eigenvalue weighted by Gasteiger charge is 2.15. The molecule has 0 atom stereocenters. The molecule has 0 bridgehead atoms. The van der Waals surface area contributed by atoms with E-state index in [4.69, 9.17) is 0 Å². The minimum atomic E-state index is 0.661. The average Bonchev–Trinajstić information content (AvgIpc) is 3.53. The second-order valence-corrected chi connectivity index (χ2v) is 10.2. The van der Waals surface area contributed by atoms with Crippen molar-refractivity contribution in [3.63, 3.8) is 0 Å².